The lowest BCUT2D eigenvalue weighted by atomic mass is 9.92. The largest absolute Gasteiger partial charge is 0.341 e. The van der Waals surface area contributed by atoms with Crippen LogP contribution in [-0.2, 0) is 11.3 Å². The Bertz CT molecular complexity index is 391. The summed E-state index contributed by atoms with van der Waals surface area (Å²) in [5.41, 5.74) is 1.19. The predicted molar refractivity (Wildman–Crippen MR) is 73.1 cm³/mol. The highest BCUT2D eigenvalue weighted by Gasteiger charge is 2.26. The number of amides is 1. The Morgan fingerprint density at radius 1 is 1.39 bits per heavy atom. The van der Waals surface area contributed by atoms with Gasteiger partial charge in [0.15, 0.2) is 0 Å². The second kappa shape index (κ2) is 6.01. The molecule has 0 aromatic heterocycles. The maximum absolute atomic E-state index is 12.3. The molecule has 0 saturated carbocycles. The summed E-state index contributed by atoms with van der Waals surface area (Å²) in [6, 6.07) is 10.6. The topological polar surface area (TPSA) is 32.3 Å². The van der Waals surface area contributed by atoms with E-state index >= 15 is 0 Å². The highest BCUT2D eigenvalue weighted by Crippen LogP contribution is 2.19. The minimum Gasteiger partial charge on any atom is -0.341 e. The highest BCUT2D eigenvalue weighted by atomic mass is 16.2. The van der Waals surface area contributed by atoms with Crippen LogP contribution < -0.4 is 5.32 Å². The molecule has 1 amide bonds. The molecule has 3 heteroatoms. The van der Waals surface area contributed by atoms with Gasteiger partial charge in [-0.3, -0.25) is 4.79 Å². The van der Waals surface area contributed by atoms with Gasteiger partial charge < -0.3 is 10.2 Å². The van der Waals surface area contributed by atoms with Crippen LogP contribution in [0.3, 0.4) is 0 Å². The molecular formula is C15H22N2O. The molecule has 0 aliphatic carbocycles. The second-order valence-corrected chi connectivity index (χ2v) is 5.26. The van der Waals surface area contributed by atoms with E-state index in [2.05, 4.69) is 24.4 Å². The van der Waals surface area contributed by atoms with Gasteiger partial charge in [-0.15, -0.1) is 0 Å². The van der Waals surface area contributed by atoms with Crippen molar-refractivity contribution in [2.75, 3.05) is 13.6 Å². The Balaban J connectivity index is 1.92. The molecular weight excluding hydrogens is 224 g/mol. The molecule has 0 bridgehead atoms. The summed E-state index contributed by atoms with van der Waals surface area (Å²) in [6.45, 7) is 3.81. The van der Waals surface area contributed by atoms with Gasteiger partial charge in [0.05, 0.1) is 0 Å². The molecule has 1 saturated heterocycles. The number of nitrogens with one attached hydrogen (secondary N) is 1. The molecule has 2 rings (SSSR count). The summed E-state index contributed by atoms with van der Waals surface area (Å²) < 4.78 is 0. The first kappa shape index (κ1) is 13.1. The fourth-order valence-electron chi connectivity index (χ4n) is 2.60. The SMILES string of the molecule is C[C@H]1C[C@@H](C(=O)N(C)Cc2ccccc2)CCN1. The van der Waals surface area contributed by atoms with Gasteiger partial charge in [0, 0.05) is 25.6 Å². The van der Waals surface area contributed by atoms with E-state index in [0.29, 0.717) is 12.6 Å². The maximum atomic E-state index is 12.3. The Kier molecular flexibility index (Phi) is 4.37. The lowest BCUT2D eigenvalue weighted by Gasteiger charge is -2.30. The molecule has 1 fully saturated rings. The zero-order valence-corrected chi connectivity index (χ0v) is 11.2. The molecule has 1 aromatic carbocycles. The van der Waals surface area contributed by atoms with Crippen molar-refractivity contribution in [2.45, 2.75) is 32.4 Å². The molecule has 1 aliphatic heterocycles. The number of hydrogen-bond acceptors (Lipinski definition) is 2. The number of nitrogens with zero attached hydrogens (tertiary/aromatic N) is 1. The molecule has 0 radical (unpaired) electrons. The van der Waals surface area contributed by atoms with Gasteiger partial charge in [0.2, 0.25) is 5.91 Å². The van der Waals surface area contributed by atoms with Crippen LogP contribution in [0, 0.1) is 5.92 Å². The predicted octanol–water partition coefficient (Wildman–Crippen LogP) is 2.03. The van der Waals surface area contributed by atoms with Crippen molar-refractivity contribution >= 4 is 5.91 Å². The number of piperidine rings is 1. The van der Waals surface area contributed by atoms with E-state index in [0.717, 1.165) is 19.4 Å². The number of carbonyl (C=O) groups excluding carboxylic acids is 1. The summed E-state index contributed by atoms with van der Waals surface area (Å²) in [5.74, 6) is 0.474. The first-order valence-corrected chi connectivity index (χ1v) is 6.69. The summed E-state index contributed by atoms with van der Waals surface area (Å²) in [4.78, 5) is 14.2. The van der Waals surface area contributed by atoms with Crippen molar-refractivity contribution in [3.63, 3.8) is 0 Å². The maximum Gasteiger partial charge on any atom is 0.225 e. The van der Waals surface area contributed by atoms with Gasteiger partial charge in [-0.2, -0.15) is 0 Å². The van der Waals surface area contributed by atoms with Crippen LogP contribution in [0.5, 0.6) is 0 Å². The van der Waals surface area contributed by atoms with Crippen molar-refractivity contribution in [3.05, 3.63) is 35.9 Å². The van der Waals surface area contributed by atoms with E-state index < -0.39 is 0 Å². The van der Waals surface area contributed by atoms with Crippen LogP contribution in [0.25, 0.3) is 0 Å². The van der Waals surface area contributed by atoms with Crippen molar-refractivity contribution in [1.82, 2.24) is 10.2 Å². The summed E-state index contributed by atoms with van der Waals surface area (Å²) in [6.07, 6.45) is 1.92. The second-order valence-electron chi connectivity index (χ2n) is 5.26. The summed E-state index contributed by atoms with van der Waals surface area (Å²) >= 11 is 0. The van der Waals surface area contributed by atoms with Crippen LogP contribution >= 0.6 is 0 Å². The van der Waals surface area contributed by atoms with Crippen LogP contribution in [0.15, 0.2) is 30.3 Å². The lowest BCUT2D eigenvalue weighted by molar-refractivity contribution is -0.135. The van der Waals surface area contributed by atoms with Crippen LogP contribution in [0.2, 0.25) is 0 Å². The first-order chi connectivity index (χ1) is 8.66. The molecule has 1 aliphatic rings. The molecule has 98 valence electrons. The van der Waals surface area contributed by atoms with E-state index in [1.807, 2.05) is 30.1 Å². The normalized spacial score (nSPS) is 23.7. The quantitative estimate of drug-likeness (QED) is 0.885. The third-order valence-corrected chi connectivity index (χ3v) is 3.61. The smallest absolute Gasteiger partial charge is 0.225 e. The minimum atomic E-state index is 0.190. The van der Waals surface area contributed by atoms with Crippen molar-refractivity contribution in [2.24, 2.45) is 5.92 Å². The average molecular weight is 246 g/mol. The lowest BCUT2D eigenvalue weighted by Crippen LogP contribution is -2.42. The van der Waals surface area contributed by atoms with E-state index in [1.54, 1.807) is 0 Å². The molecule has 1 aromatic rings. The molecule has 1 heterocycles. The molecule has 2 atom stereocenters. The van der Waals surface area contributed by atoms with Gasteiger partial charge in [-0.25, -0.2) is 0 Å². The van der Waals surface area contributed by atoms with Gasteiger partial charge in [0.1, 0.15) is 0 Å². The molecule has 3 nitrogen and oxygen atoms in total. The van der Waals surface area contributed by atoms with Crippen LogP contribution in [0.4, 0.5) is 0 Å². The van der Waals surface area contributed by atoms with Gasteiger partial charge >= 0.3 is 0 Å². The summed E-state index contributed by atoms with van der Waals surface area (Å²) in [5, 5.41) is 3.38. The van der Waals surface area contributed by atoms with Gasteiger partial charge in [-0.05, 0) is 31.9 Å². The first-order valence-electron chi connectivity index (χ1n) is 6.69. The van der Waals surface area contributed by atoms with Gasteiger partial charge in [0.25, 0.3) is 0 Å². The highest BCUT2D eigenvalue weighted by molar-refractivity contribution is 5.78. The third-order valence-electron chi connectivity index (χ3n) is 3.61. The Labute approximate surface area is 109 Å². The van der Waals surface area contributed by atoms with Gasteiger partial charge in [-0.1, -0.05) is 30.3 Å². The number of benzene rings is 1. The third kappa shape index (κ3) is 3.33. The minimum absolute atomic E-state index is 0.190. The molecule has 1 N–H and O–H groups in total. The fraction of sp³-hybridized carbons (Fsp3) is 0.533. The molecule has 0 spiro atoms. The number of carbonyl (C=O) groups is 1. The van der Waals surface area contributed by atoms with E-state index in [4.69, 9.17) is 0 Å². The van der Waals surface area contributed by atoms with E-state index in [1.165, 1.54) is 5.56 Å². The van der Waals surface area contributed by atoms with E-state index in [-0.39, 0.29) is 11.8 Å². The Hall–Kier alpha value is -1.35. The monoisotopic (exact) mass is 246 g/mol. The van der Waals surface area contributed by atoms with Crippen LogP contribution in [0.1, 0.15) is 25.3 Å². The zero-order valence-electron chi connectivity index (χ0n) is 11.2. The number of hydrogen-bond donors (Lipinski definition) is 1. The summed E-state index contributed by atoms with van der Waals surface area (Å²) in [7, 11) is 1.90. The standard InChI is InChI=1S/C15H22N2O/c1-12-10-14(8-9-16-12)15(18)17(2)11-13-6-4-3-5-7-13/h3-7,12,14,16H,8-11H2,1-2H3/t12-,14-/m0/s1. The van der Waals surface area contributed by atoms with Crippen molar-refractivity contribution in [1.29, 1.82) is 0 Å². The molecule has 0 unspecified atom stereocenters. The average Bonchev–Trinajstić information content (AvgIpc) is 2.39. The molecule has 18 heavy (non-hydrogen) atoms. The fourth-order valence-corrected chi connectivity index (χ4v) is 2.60. The number of rotatable bonds is 3. The Morgan fingerprint density at radius 2 is 2.11 bits per heavy atom. The van der Waals surface area contributed by atoms with E-state index in [9.17, 15) is 4.79 Å². The van der Waals surface area contributed by atoms with Crippen molar-refractivity contribution in [3.8, 4) is 0 Å². The Morgan fingerprint density at radius 3 is 2.78 bits per heavy atom. The van der Waals surface area contributed by atoms with Crippen LogP contribution in [-0.4, -0.2) is 30.4 Å². The zero-order chi connectivity index (χ0) is 13.0. The van der Waals surface area contributed by atoms with Crippen molar-refractivity contribution < 1.29 is 4.79 Å².